The molecule has 3 aromatic carbocycles. The lowest BCUT2D eigenvalue weighted by atomic mass is 10.1. The van der Waals surface area contributed by atoms with Crippen molar-refractivity contribution < 1.29 is 26.4 Å². The number of sulfonamides is 1. The monoisotopic (exact) mass is 456 g/mol. The van der Waals surface area contributed by atoms with E-state index in [1.54, 1.807) is 36.4 Å². The maximum absolute atomic E-state index is 13.3. The van der Waals surface area contributed by atoms with Gasteiger partial charge in [-0.3, -0.25) is 9.10 Å². The summed E-state index contributed by atoms with van der Waals surface area (Å²) in [5.41, 5.74) is -1.39. The standard InChI is InChI=1S/C20H16ClF3N2O3S/c1-30(28,29)26(18-8-4-6-13-5-2-3-7-15(13)18)12-19(27)25-17-10-9-14(21)11-16(17)20(22,23)24/h2-11H,12H2,1H3,(H,25,27). The number of carbonyl (C=O) groups excluding carboxylic acids is 1. The molecule has 0 radical (unpaired) electrons. The molecule has 5 nitrogen and oxygen atoms in total. The molecule has 0 saturated heterocycles. The first kappa shape index (κ1) is 21.9. The Morgan fingerprint density at radius 1 is 1.07 bits per heavy atom. The number of benzene rings is 3. The van der Waals surface area contributed by atoms with Gasteiger partial charge in [0.25, 0.3) is 0 Å². The molecule has 0 aliphatic carbocycles. The summed E-state index contributed by atoms with van der Waals surface area (Å²) < 4.78 is 65.4. The number of hydrogen-bond donors (Lipinski definition) is 1. The van der Waals surface area contributed by atoms with Crippen LogP contribution in [0.3, 0.4) is 0 Å². The fraction of sp³-hybridized carbons (Fsp3) is 0.150. The van der Waals surface area contributed by atoms with Gasteiger partial charge in [-0.25, -0.2) is 8.42 Å². The predicted octanol–water partition coefficient (Wildman–Crippen LogP) is 4.92. The molecular weight excluding hydrogens is 441 g/mol. The Morgan fingerprint density at radius 2 is 1.73 bits per heavy atom. The van der Waals surface area contributed by atoms with Crippen LogP contribution in [0.4, 0.5) is 24.5 Å². The van der Waals surface area contributed by atoms with Crippen LogP contribution in [0.25, 0.3) is 10.8 Å². The Bertz CT molecular complexity index is 1210. The Kier molecular flexibility index (Phi) is 5.96. The minimum absolute atomic E-state index is 0.145. The second-order valence-electron chi connectivity index (χ2n) is 6.50. The van der Waals surface area contributed by atoms with Crippen LogP contribution >= 0.6 is 11.6 Å². The number of nitrogens with zero attached hydrogens (tertiary/aromatic N) is 1. The van der Waals surface area contributed by atoms with E-state index < -0.39 is 39.9 Å². The Labute approximate surface area is 176 Å². The molecule has 1 amide bonds. The van der Waals surface area contributed by atoms with Crippen molar-refractivity contribution in [3.8, 4) is 0 Å². The molecule has 0 spiro atoms. The summed E-state index contributed by atoms with van der Waals surface area (Å²) in [5, 5.41) is 3.33. The lowest BCUT2D eigenvalue weighted by Gasteiger charge is -2.24. The summed E-state index contributed by atoms with van der Waals surface area (Å²) in [6.45, 7) is -0.702. The van der Waals surface area contributed by atoms with E-state index in [9.17, 15) is 26.4 Å². The summed E-state index contributed by atoms with van der Waals surface area (Å²) in [6, 6.07) is 14.8. The summed E-state index contributed by atoms with van der Waals surface area (Å²) in [7, 11) is -3.91. The van der Waals surface area contributed by atoms with E-state index in [0.717, 1.165) is 22.0 Å². The van der Waals surface area contributed by atoms with Crippen LogP contribution in [0, 0.1) is 0 Å². The molecule has 0 bridgehead atoms. The third-order valence-corrected chi connectivity index (χ3v) is 5.65. The van der Waals surface area contributed by atoms with Crippen LogP contribution in [0.1, 0.15) is 5.56 Å². The fourth-order valence-corrected chi connectivity index (χ4v) is 4.03. The van der Waals surface area contributed by atoms with Crippen molar-refractivity contribution >= 4 is 49.7 Å². The Morgan fingerprint density at radius 3 is 2.40 bits per heavy atom. The van der Waals surface area contributed by atoms with Gasteiger partial charge in [0.05, 0.1) is 23.2 Å². The number of fused-ring (bicyclic) bond motifs is 1. The van der Waals surface area contributed by atoms with E-state index >= 15 is 0 Å². The number of rotatable bonds is 5. The zero-order chi connectivity index (χ0) is 22.1. The zero-order valence-corrected chi connectivity index (χ0v) is 17.1. The average molecular weight is 457 g/mol. The van der Waals surface area contributed by atoms with Crippen LogP contribution in [0.15, 0.2) is 60.7 Å². The van der Waals surface area contributed by atoms with E-state index in [1.165, 1.54) is 12.1 Å². The summed E-state index contributed by atoms with van der Waals surface area (Å²) in [4.78, 5) is 12.5. The lowest BCUT2D eigenvalue weighted by molar-refractivity contribution is -0.137. The van der Waals surface area contributed by atoms with Gasteiger partial charge in [-0.1, -0.05) is 48.0 Å². The lowest BCUT2D eigenvalue weighted by Crippen LogP contribution is -2.37. The first-order chi connectivity index (χ1) is 14.0. The van der Waals surface area contributed by atoms with E-state index in [4.69, 9.17) is 11.6 Å². The van der Waals surface area contributed by atoms with Crippen LogP contribution in [0.2, 0.25) is 5.02 Å². The number of nitrogens with one attached hydrogen (secondary N) is 1. The number of halogens is 4. The Balaban J connectivity index is 1.96. The van der Waals surface area contributed by atoms with E-state index in [1.807, 2.05) is 0 Å². The summed E-state index contributed by atoms with van der Waals surface area (Å²) in [6.07, 6.45) is -3.83. The predicted molar refractivity (Wildman–Crippen MR) is 111 cm³/mol. The highest BCUT2D eigenvalue weighted by Crippen LogP contribution is 2.36. The van der Waals surface area contributed by atoms with Crippen molar-refractivity contribution in [2.75, 3.05) is 22.4 Å². The molecule has 1 N–H and O–H groups in total. The number of alkyl halides is 3. The van der Waals surface area contributed by atoms with Crippen LogP contribution in [0.5, 0.6) is 0 Å². The van der Waals surface area contributed by atoms with E-state index in [0.29, 0.717) is 11.5 Å². The number of hydrogen-bond acceptors (Lipinski definition) is 3. The van der Waals surface area contributed by atoms with Gasteiger partial charge in [0.2, 0.25) is 15.9 Å². The van der Waals surface area contributed by atoms with E-state index in [2.05, 4.69) is 5.32 Å². The van der Waals surface area contributed by atoms with Crippen molar-refractivity contribution in [2.24, 2.45) is 0 Å². The average Bonchev–Trinajstić information content (AvgIpc) is 2.65. The van der Waals surface area contributed by atoms with Gasteiger partial charge in [0, 0.05) is 10.4 Å². The topological polar surface area (TPSA) is 66.5 Å². The molecule has 3 rings (SSSR count). The normalized spacial score (nSPS) is 12.0. The largest absolute Gasteiger partial charge is 0.418 e. The van der Waals surface area contributed by atoms with Gasteiger partial charge in [-0.15, -0.1) is 0 Å². The van der Waals surface area contributed by atoms with E-state index in [-0.39, 0.29) is 10.7 Å². The third kappa shape index (κ3) is 4.85. The molecular formula is C20H16ClF3N2O3S. The van der Waals surface area contributed by atoms with Gasteiger partial charge in [-0.2, -0.15) is 13.2 Å². The molecule has 0 aromatic heterocycles. The SMILES string of the molecule is CS(=O)(=O)N(CC(=O)Nc1ccc(Cl)cc1C(F)(F)F)c1cccc2ccccc12. The first-order valence-electron chi connectivity index (χ1n) is 8.59. The van der Waals surface area contributed by atoms with Gasteiger partial charge >= 0.3 is 6.18 Å². The highest BCUT2D eigenvalue weighted by atomic mass is 35.5. The highest BCUT2D eigenvalue weighted by Gasteiger charge is 2.34. The third-order valence-electron chi connectivity index (χ3n) is 4.28. The molecule has 158 valence electrons. The van der Waals surface area contributed by atoms with Gasteiger partial charge in [-0.05, 0) is 29.7 Å². The maximum atomic E-state index is 13.3. The van der Waals surface area contributed by atoms with Crippen molar-refractivity contribution in [2.45, 2.75) is 6.18 Å². The number of carbonyl (C=O) groups is 1. The van der Waals surface area contributed by atoms with Crippen LogP contribution in [-0.2, 0) is 21.0 Å². The molecule has 0 fully saturated rings. The fourth-order valence-electron chi connectivity index (χ4n) is 2.99. The van der Waals surface area contributed by atoms with Crippen molar-refractivity contribution in [3.63, 3.8) is 0 Å². The van der Waals surface area contributed by atoms with Crippen LogP contribution in [-0.4, -0.2) is 27.1 Å². The van der Waals surface area contributed by atoms with Crippen molar-refractivity contribution in [1.82, 2.24) is 0 Å². The van der Waals surface area contributed by atoms with Gasteiger partial charge in [0.1, 0.15) is 6.54 Å². The molecule has 0 aliphatic heterocycles. The first-order valence-corrected chi connectivity index (χ1v) is 10.8. The molecule has 0 saturated carbocycles. The molecule has 0 atom stereocenters. The highest BCUT2D eigenvalue weighted by molar-refractivity contribution is 7.92. The molecule has 10 heteroatoms. The minimum atomic E-state index is -4.75. The second kappa shape index (κ2) is 8.16. The second-order valence-corrected chi connectivity index (χ2v) is 8.85. The summed E-state index contributed by atoms with van der Waals surface area (Å²) in [5.74, 6) is -0.929. The smallest absolute Gasteiger partial charge is 0.324 e. The van der Waals surface area contributed by atoms with Crippen molar-refractivity contribution in [3.05, 3.63) is 71.2 Å². The summed E-state index contributed by atoms with van der Waals surface area (Å²) >= 11 is 5.64. The molecule has 0 unspecified atom stereocenters. The van der Waals surface area contributed by atoms with Gasteiger partial charge < -0.3 is 5.32 Å². The molecule has 0 aliphatic rings. The Hall–Kier alpha value is -2.78. The van der Waals surface area contributed by atoms with Gasteiger partial charge in [0.15, 0.2) is 0 Å². The number of anilines is 2. The van der Waals surface area contributed by atoms with Crippen molar-refractivity contribution in [1.29, 1.82) is 0 Å². The molecule has 0 heterocycles. The minimum Gasteiger partial charge on any atom is -0.324 e. The quantitative estimate of drug-likeness (QED) is 0.592. The molecule has 3 aromatic rings. The molecule has 30 heavy (non-hydrogen) atoms. The zero-order valence-electron chi connectivity index (χ0n) is 15.6. The van der Waals surface area contributed by atoms with Crippen LogP contribution < -0.4 is 9.62 Å². The maximum Gasteiger partial charge on any atom is 0.418 e. The number of amides is 1.